The summed E-state index contributed by atoms with van der Waals surface area (Å²) in [7, 11) is 0. The van der Waals surface area contributed by atoms with Crippen LogP contribution in [0.1, 0.15) is 59.8 Å². The zero-order valence-electron chi connectivity index (χ0n) is 14.7. The van der Waals surface area contributed by atoms with E-state index in [2.05, 4.69) is 22.0 Å². The van der Waals surface area contributed by atoms with Gasteiger partial charge in [0.05, 0.1) is 6.20 Å². The molecule has 1 aliphatic carbocycles. The lowest BCUT2D eigenvalue weighted by Crippen LogP contribution is -2.48. The summed E-state index contributed by atoms with van der Waals surface area (Å²) in [4.78, 5) is 14.9. The molecule has 1 aliphatic heterocycles. The normalized spacial score (nSPS) is 19.2. The average molecular weight is 390 g/mol. The van der Waals surface area contributed by atoms with Crippen LogP contribution < -0.4 is 0 Å². The molecule has 0 amide bonds. The van der Waals surface area contributed by atoms with Gasteiger partial charge in [-0.05, 0) is 67.0 Å². The highest BCUT2D eigenvalue weighted by atomic mass is 35.5. The molecule has 6 heteroatoms. The maximum atomic E-state index is 12.5. The molecule has 0 radical (unpaired) electrons. The first-order valence-corrected chi connectivity index (χ1v) is 9.81. The van der Waals surface area contributed by atoms with Crippen molar-refractivity contribution < 1.29 is 4.79 Å². The molecule has 1 aromatic carbocycles. The van der Waals surface area contributed by atoms with Gasteiger partial charge in [-0.25, -0.2) is 0 Å². The van der Waals surface area contributed by atoms with Gasteiger partial charge in [-0.15, -0.1) is 5.10 Å². The van der Waals surface area contributed by atoms with Crippen molar-refractivity contribution >= 4 is 29.0 Å². The number of carbonyl (C=O) groups excluding carboxylic acids is 1. The lowest BCUT2D eigenvalue weighted by atomic mass is 9.90. The Bertz CT molecular complexity index is 832. The minimum absolute atomic E-state index is 0.0955. The molecule has 1 saturated carbocycles. The van der Waals surface area contributed by atoms with E-state index < -0.39 is 0 Å². The lowest BCUT2D eigenvalue weighted by molar-refractivity contribution is 0.0502. The van der Waals surface area contributed by atoms with Gasteiger partial charge in [-0.2, -0.15) is 5.10 Å². The molecule has 1 aromatic heterocycles. The standard InChI is InChI=1S/C20H21Cl2N3O/c1-12(17-8-16(21)4-5-18(17)22)25-10-13(11-25)6-20(26)19-7-15(9-23-24-19)14-2-3-14/h4-5,7-9,12-14H,2-3,6,10-11H2,1H3. The molecule has 1 saturated heterocycles. The second kappa shape index (κ2) is 7.26. The Morgan fingerprint density at radius 1 is 1.27 bits per heavy atom. The van der Waals surface area contributed by atoms with E-state index in [0.29, 0.717) is 29.0 Å². The third-order valence-corrected chi connectivity index (χ3v) is 6.00. The first kappa shape index (κ1) is 17.9. The van der Waals surface area contributed by atoms with Crippen LogP contribution in [-0.4, -0.2) is 34.0 Å². The molecular weight excluding hydrogens is 369 g/mol. The van der Waals surface area contributed by atoms with Crippen LogP contribution in [0.4, 0.5) is 0 Å². The van der Waals surface area contributed by atoms with Crippen LogP contribution in [-0.2, 0) is 0 Å². The number of ketones is 1. The second-order valence-corrected chi connectivity index (χ2v) is 8.28. The number of hydrogen-bond acceptors (Lipinski definition) is 4. The predicted octanol–water partition coefficient (Wildman–Crippen LogP) is 4.93. The molecule has 2 heterocycles. The number of likely N-dealkylation sites (tertiary alicyclic amines) is 1. The Kier molecular flexibility index (Phi) is 5.00. The number of rotatable bonds is 6. The van der Waals surface area contributed by atoms with Gasteiger partial charge >= 0.3 is 0 Å². The van der Waals surface area contributed by atoms with Crippen molar-refractivity contribution in [3.8, 4) is 0 Å². The molecule has 1 unspecified atom stereocenters. The molecule has 26 heavy (non-hydrogen) atoms. The van der Waals surface area contributed by atoms with Crippen LogP contribution in [0.25, 0.3) is 0 Å². The fourth-order valence-corrected chi connectivity index (χ4v) is 4.07. The van der Waals surface area contributed by atoms with E-state index >= 15 is 0 Å². The monoisotopic (exact) mass is 389 g/mol. The van der Waals surface area contributed by atoms with Crippen molar-refractivity contribution in [2.75, 3.05) is 13.1 Å². The highest BCUT2D eigenvalue weighted by Gasteiger charge is 2.33. The number of carbonyl (C=O) groups is 1. The van der Waals surface area contributed by atoms with E-state index in [4.69, 9.17) is 23.2 Å². The van der Waals surface area contributed by atoms with E-state index in [1.54, 1.807) is 12.3 Å². The van der Waals surface area contributed by atoms with Crippen molar-refractivity contribution in [3.63, 3.8) is 0 Å². The summed E-state index contributed by atoms with van der Waals surface area (Å²) in [6.07, 6.45) is 4.70. The molecule has 1 atom stereocenters. The Hall–Kier alpha value is -1.49. The second-order valence-electron chi connectivity index (χ2n) is 7.44. The lowest BCUT2D eigenvalue weighted by Gasteiger charge is -2.43. The van der Waals surface area contributed by atoms with Crippen molar-refractivity contribution in [3.05, 3.63) is 57.3 Å². The fraction of sp³-hybridized carbons (Fsp3) is 0.450. The van der Waals surface area contributed by atoms with Gasteiger partial charge in [0.2, 0.25) is 0 Å². The third-order valence-electron chi connectivity index (χ3n) is 5.43. The van der Waals surface area contributed by atoms with E-state index in [9.17, 15) is 4.79 Å². The first-order valence-electron chi connectivity index (χ1n) is 9.06. The maximum Gasteiger partial charge on any atom is 0.183 e. The van der Waals surface area contributed by atoms with E-state index in [1.165, 1.54) is 12.8 Å². The number of nitrogens with zero attached hydrogens (tertiary/aromatic N) is 3. The Morgan fingerprint density at radius 2 is 2.04 bits per heavy atom. The quantitative estimate of drug-likeness (QED) is 0.657. The first-order chi connectivity index (χ1) is 12.5. The summed E-state index contributed by atoms with van der Waals surface area (Å²) >= 11 is 12.4. The van der Waals surface area contributed by atoms with Gasteiger partial charge in [-0.1, -0.05) is 23.2 Å². The highest BCUT2D eigenvalue weighted by molar-refractivity contribution is 6.33. The molecule has 0 spiro atoms. The molecule has 4 rings (SSSR count). The Morgan fingerprint density at radius 3 is 2.77 bits per heavy atom. The topological polar surface area (TPSA) is 46.1 Å². The summed E-state index contributed by atoms with van der Waals surface area (Å²) in [5, 5.41) is 9.47. The van der Waals surface area contributed by atoms with Gasteiger partial charge in [-0.3, -0.25) is 9.69 Å². The molecule has 2 aromatic rings. The van der Waals surface area contributed by atoms with Crippen molar-refractivity contribution in [1.29, 1.82) is 0 Å². The molecule has 4 nitrogen and oxygen atoms in total. The number of hydrogen-bond donors (Lipinski definition) is 0. The van der Waals surface area contributed by atoms with Gasteiger partial charge in [0, 0.05) is 35.6 Å². The van der Waals surface area contributed by atoms with Crippen LogP contribution >= 0.6 is 23.2 Å². The summed E-state index contributed by atoms with van der Waals surface area (Å²) in [5.74, 6) is 1.03. The summed E-state index contributed by atoms with van der Waals surface area (Å²) in [6, 6.07) is 7.67. The maximum absolute atomic E-state index is 12.5. The van der Waals surface area contributed by atoms with Crippen LogP contribution in [0, 0.1) is 5.92 Å². The average Bonchev–Trinajstić information content (AvgIpc) is 3.44. The number of halogens is 2. The van der Waals surface area contributed by atoms with Crippen LogP contribution in [0.2, 0.25) is 10.0 Å². The number of aromatic nitrogens is 2. The molecule has 0 N–H and O–H groups in total. The highest BCUT2D eigenvalue weighted by Crippen LogP contribution is 2.40. The Labute approximate surface area is 163 Å². The number of Topliss-reactive ketones (excluding diaryl/α,β-unsaturated/α-hetero) is 1. The molecule has 2 aliphatic rings. The summed E-state index contributed by atoms with van der Waals surface area (Å²) in [5.41, 5.74) is 2.70. The van der Waals surface area contributed by atoms with Gasteiger partial charge < -0.3 is 0 Å². The summed E-state index contributed by atoms with van der Waals surface area (Å²) < 4.78 is 0. The van der Waals surface area contributed by atoms with Gasteiger partial charge in [0.15, 0.2) is 5.78 Å². The smallest absolute Gasteiger partial charge is 0.183 e. The van der Waals surface area contributed by atoms with E-state index in [1.807, 2.05) is 18.2 Å². The van der Waals surface area contributed by atoms with Crippen LogP contribution in [0.3, 0.4) is 0 Å². The largest absolute Gasteiger partial charge is 0.296 e. The molecule has 136 valence electrons. The van der Waals surface area contributed by atoms with Gasteiger partial charge in [0.1, 0.15) is 5.69 Å². The summed E-state index contributed by atoms with van der Waals surface area (Å²) in [6.45, 7) is 3.89. The van der Waals surface area contributed by atoms with Crippen molar-refractivity contribution in [2.45, 2.75) is 38.1 Å². The minimum Gasteiger partial charge on any atom is -0.296 e. The van der Waals surface area contributed by atoms with Crippen molar-refractivity contribution in [2.24, 2.45) is 5.92 Å². The van der Waals surface area contributed by atoms with E-state index in [0.717, 1.165) is 29.2 Å². The molecule has 2 fully saturated rings. The van der Waals surface area contributed by atoms with Crippen LogP contribution in [0.5, 0.6) is 0 Å². The minimum atomic E-state index is 0.0955. The zero-order chi connectivity index (χ0) is 18.3. The molecular formula is C20H21Cl2N3O. The van der Waals surface area contributed by atoms with Crippen LogP contribution in [0.15, 0.2) is 30.5 Å². The third kappa shape index (κ3) is 3.78. The van der Waals surface area contributed by atoms with E-state index in [-0.39, 0.29) is 11.8 Å². The fourth-order valence-electron chi connectivity index (χ4n) is 3.61. The predicted molar refractivity (Wildman–Crippen MR) is 103 cm³/mol. The van der Waals surface area contributed by atoms with Crippen molar-refractivity contribution in [1.82, 2.24) is 15.1 Å². The number of benzene rings is 1. The zero-order valence-corrected chi connectivity index (χ0v) is 16.2. The SMILES string of the molecule is CC(c1cc(Cl)ccc1Cl)N1CC(CC(=O)c2cc(C3CC3)cnn2)C1. The Balaban J connectivity index is 1.34. The van der Waals surface area contributed by atoms with Gasteiger partial charge in [0.25, 0.3) is 0 Å². The molecule has 0 bridgehead atoms.